The first-order valence-corrected chi connectivity index (χ1v) is 12.3. The summed E-state index contributed by atoms with van der Waals surface area (Å²) < 4.78 is 10.4. The van der Waals surface area contributed by atoms with Crippen molar-refractivity contribution in [1.29, 1.82) is 0 Å². The van der Waals surface area contributed by atoms with Gasteiger partial charge in [0.25, 0.3) is 0 Å². The molecule has 0 radical (unpaired) electrons. The third kappa shape index (κ3) is 6.75. The maximum atomic E-state index is 13.7. The number of benzene rings is 2. The van der Waals surface area contributed by atoms with Crippen LogP contribution in [0, 0.1) is 5.92 Å². The molecule has 0 bridgehead atoms. The Morgan fingerprint density at radius 3 is 2.29 bits per heavy atom. The summed E-state index contributed by atoms with van der Waals surface area (Å²) in [6.45, 7) is 4.73. The molecule has 1 aliphatic rings. The number of carbonyl (C=O) groups excluding carboxylic acids is 2. The van der Waals surface area contributed by atoms with E-state index in [1.807, 2.05) is 42.5 Å². The van der Waals surface area contributed by atoms with Gasteiger partial charge in [-0.2, -0.15) is 0 Å². The second kappa shape index (κ2) is 12.4. The number of esters is 1. The van der Waals surface area contributed by atoms with E-state index in [1.165, 1.54) is 13.5 Å². The van der Waals surface area contributed by atoms with E-state index in [0.717, 1.165) is 37.0 Å². The topological polar surface area (TPSA) is 67.9 Å². The van der Waals surface area contributed by atoms with Gasteiger partial charge in [-0.3, -0.25) is 4.79 Å². The molecule has 1 saturated carbocycles. The van der Waals surface area contributed by atoms with Gasteiger partial charge >= 0.3 is 5.97 Å². The van der Waals surface area contributed by atoms with Crippen molar-refractivity contribution >= 4 is 17.6 Å². The van der Waals surface area contributed by atoms with Gasteiger partial charge in [0.2, 0.25) is 5.91 Å². The number of nitrogens with zero attached hydrogens (tertiary/aromatic N) is 1. The molecule has 0 heterocycles. The van der Waals surface area contributed by atoms with Crippen LogP contribution in [0.25, 0.3) is 0 Å². The average Bonchev–Trinajstić information content (AvgIpc) is 2.86. The molecule has 0 aliphatic heterocycles. The summed E-state index contributed by atoms with van der Waals surface area (Å²) in [6.07, 6.45) is 6.26. The van der Waals surface area contributed by atoms with E-state index in [9.17, 15) is 9.59 Å². The van der Waals surface area contributed by atoms with Crippen LogP contribution in [0.3, 0.4) is 0 Å². The molecule has 1 fully saturated rings. The van der Waals surface area contributed by atoms with Crippen LogP contribution in [-0.4, -0.2) is 38.2 Å². The number of ether oxygens (including phenoxy) is 2. The number of amides is 1. The molecular weight excluding hydrogens is 428 g/mol. The Labute approximate surface area is 203 Å². The zero-order valence-corrected chi connectivity index (χ0v) is 20.9. The number of carbonyl (C=O) groups is 2. The van der Waals surface area contributed by atoms with E-state index in [-0.39, 0.29) is 11.9 Å². The standard InChI is InChI=1S/C28H38N2O4/c1-20(2)18-26(27(31)29-22-10-6-5-7-11-22)30(19-21-14-16-23(33-3)17-15-21)25-13-9-8-12-24(25)28(32)34-4/h8-9,12-17,20,22,26H,5-7,10-11,18-19H2,1-4H3,(H,29,31). The van der Waals surface area contributed by atoms with Crippen LogP contribution >= 0.6 is 0 Å². The van der Waals surface area contributed by atoms with Crippen molar-refractivity contribution in [3.63, 3.8) is 0 Å². The van der Waals surface area contributed by atoms with Gasteiger partial charge in [-0.15, -0.1) is 0 Å². The van der Waals surface area contributed by atoms with Gasteiger partial charge in [0.1, 0.15) is 11.8 Å². The molecule has 184 valence electrons. The fraction of sp³-hybridized carbons (Fsp3) is 0.500. The zero-order chi connectivity index (χ0) is 24.5. The van der Waals surface area contributed by atoms with Gasteiger partial charge in [0.15, 0.2) is 0 Å². The highest BCUT2D eigenvalue weighted by Crippen LogP contribution is 2.29. The summed E-state index contributed by atoms with van der Waals surface area (Å²) in [5.74, 6) is 0.685. The third-order valence-corrected chi connectivity index (χ3v) is 6.46. The quantitative estimate of drug-likeness (QED) is 0.478. The van der Waals surface area contributed by atoms with Crippen LogP contribution in [0.1, 0.15) is 68.3 Å². The molecule has 6 heteroatoms. The van der Waals surface area contributed by atoms with Crippen molar-refractivity contribution in [3.8, 4) is 5.75 Å². The van der Waals surface area contributed by atoms with Crippen LogP contribution in [0.4, 0.5) is 5.69 Å². The predicted molar refractivity (Wildman–Crippen MR) is 135 cm³/mol. The minimum Gasteiger partial charge on any atom is -0.497 e. The average molecular weight is 467 g/mol. The maximum absolute atomic E-state index is 13.7. The first-order chi connectivity index (χ1) is 16.4. The SMILES string of the molecule is COC(=O)c1ccccc1N(Cc1ccc(OC)cc1)C(CC(C)C)C(=O)NC1CCCCC1. The molecule has 2 aromatic carbocycles. The Morgan fingerprint density at radius 1 is 1.00 bits per heavy atom. The number of methoxy groups -OCH3 is 2. The van der Waals surface area contributed by atoms with Crippen molar-refractivity contribution in [1.82, 2.24) is 5.32 Å². The van der Waals surface area contributed by atoms with Gasteiger partial charge in [-0.25, -0.2) is 4.79 Å². The Balaban J connectivity index is 2.00. The number of hydrogen-bond donors (Lipinski definition) is 1. The minimum atomic E-state index is -0.421. The highest BCUT2D eigenvalue weighted by Gasteiger charge is 2.31. The van der Waals surface area contributed by atoms with E-state index in [1.54, 1.807) is 13.2 Å². The number of rotatable bonds is 10. The lowest BCUT2D eigenvalue weighted by Gasteiger charge is -2.36. The molecular formula is C28H38N2O4. The smallest absolute Gasteiger partial charge is 0.339 e. The largest absolute Gasteiger partial charge is 0.497 e. The number of para-hydroxylation sites is 1. The fourth-order valence-electron chi connectivity index (χ4n) is 4.66. The maximum Gasteiger partial charge on any atom is 0.339 e. The Hall–Kier alpha value is -3.02. The molecule has 1 atom stereocenters. The van der Waals surface area contributed by atoms with E-state index in [4.69, 9.17) is 9.47 Å². The van der Waals surface area contributed by atoms with E-state index in [2.05, 4.69) is 24.1 Å². The normalized spacial score (nSPS) is 15.0. The van der Waals surface area contributed by atoms with Gasteiger partial charge in [0.05, 0.1) is 25.5 Å². The molecule has 34 heavy (non-hydrogen) atoms. The summed E-state index contributed by atoms with van der Waals surface area (Å²) in [4.78, 5) is 28.4. The van der Waals surface area contributed by atoms with Crippen LogP contribution in [0.15, 0.2) is 48.5 Å². The van der Waals surface area contributed by atoms with Crippen molar-refractivity contribution in [3.05, 3.63) is 59.7 Å². The molecule has 1 amide bonds. The van der Waals surface area contributed by atoms with Crippen LogP contribution in [0.2, 0.25) is 0 Å². The molecule has 3 rings (SSSR count). The molecule has 6 nitrogen and oxygen atoms in total. The Morgan fingerprint density at radius 2 is 1.68 bits per heavy atom. The molecule has 1 N–H and O–H groups in total. The summed E-state index contributed by atoms with van der Waals surface area (Å²) in [5, 5.41) is 3.32. The van der Waals surface area contributed by atoms with Crippen LogP contribution in [0.5, 0.6) is 5.75 Å². The Bertz CT molecular complexity index is 936. The molecule has 0 aromatic heterocycles. The lowest BCUT2D eigenvalue weighted by Crippen LogP contribution is -2.51. The number of nitrogens with one attached hydrogen (secondary N) is 1. The first kappa shape index (κ1) is 25.6. The first-order valence-electron chi connectivity index (χ1n) is 12.3. The predicted octanol–water partition coefficient (Wildman–Crippen LogP) is 5.35. The lowest BCUT2D eigenvalue weighted by atomic mass is 9.94. The third-order valence-electron chi connectivity index (χ3n) is 6.46. The van der Waals surface area contributed by atoms with Gasteiger partial charge in [-0.1, -0.05) is 57.4 Å². The second-order valence-corrected chi connectivity index (χ2v) is 9.47. The molecule has 1 aliphatic carbocycles. The number of hydrogen-bond acceptors (Lipinski definition) is 5. The van der Waals surface area contributed by atoms with Gasteiger partial charge in [0, 0.05) is 12.6 Å². The van der Waals surface area contributed by atoms with E-state index in [0.29, 0.717) is 30.1 Å². The highest BCUT2D eigenvalue weighted by molar-refractivity contribution is 5.97. The van der Waals surface area contributed by atoms with Crippen molar-refractivity contribution in [2.45, 2.75) is 71.0 Å². The van der Waals surface area contributed by atoms with Crippen LogP contribution < -0.4 is 15.0 Å². The van der Waals surface area contributed by atoms with Gasteiger partial charge in [-0.05, 0) is 55.0 Å². The second-order valence-electron chi connectivity index (χ2n) is 9.47. The molecule has 0 spiro atoms. The highest BCUT2D eigenvalue weighted by atomic mass is 16.5. The van der Waals surface area contributed by atoms with E-state index < -0.39 is 12.0 Å². The zero-order valence-electron chi connectivity index (χ0n) is 20.9. The van der Waals surface area contributed by atoms with Gasteiger partial charge < -0.3 is 19.7 Å². The minimum absolute atomic E-state index is 0.0220. The fourth-order valence-corrected chi connectivity index (χ4v) is 4.66. The van der Waals surface area contributed by atoms with Crippen molar-refractivity contribution < 1.29 is 19.1 Å². The number of anilines is 1. The van der Waals surface area contributed by atoms with Crippen molar-refractivity contribution in [2.24, 2.45) is 5.92 Å². The summed E-state index contributed by atoms with van der Waals surface area (Å²) >= 11 is 0. The molecule has 2 aromatic rings. The Kier molecular flexibility index (Phi) is 9.37. The molecule has 0 saturated heterocycles. The summed E-state index contributed by atoms with van der Waals surface area (Å²) in [5.41, 5.74) is 2.19. The summed E-state index contributed by atoms with van der Waals surface area (Å²) in [6, 6.07) is 15.0. The van der Waals surface area contributed by atoms with E-state index >= 15 is 0 Å². The summed E-state index contributed by atoms with van der Waals surface area (Å²) in [7, 11) is 3.02. The molecule has 1 unspecified atom stereocenters. The lowest BCUT2D eigenvalue weighted by molar-refractivity contribution is -0.123. The van der Waals surface area contributed by atoms with Crippen molar-refractivity contribution in [2.75, 3.05) is 19.1 Å². The van der Waals surface area contributed by atoms with Crippen LogP contribution in [-0.2, 0) is 16.1 Å². The monoisotopic (exact) mass is 466 g/mol.